The monoisotopic (exact) mass is 341 g/mol. The average Bonchev–Trinajstić information content (AvgIpc) is 2.60. The first-order chi connectivity index (χ1) is 12.0. The molecular formula is C17H12FN3O4. The van der Waals surface area contributed by atoms with Gasteiger partial charge < -0.3 is 5.11 Å². The summed E-state index contributed by atoms with van der Waals surface area (Å²) in [5.41, 5.74) is -2.39. The Balaban J connectivity index is 2.26. The van der Waals surface area contributed by atoms with E-state index in [1.54, 1.807) is 24.3 Å². The topological polar surface area (TPSA) is 94.2 Å². The number of nitrogens with zero attached hydrogens (tertiary/aromatic N) is 3. The summed E-state index contributed by atoms with van der Waals surface area (Å²) in [5, 5.41) is 12.9. The van der Waals surface area contributed by atoms with Gasteiger partial charge in [-0.15, -0.1) is 0 Å². The maximum Gasteiger partial charge on any atom is 0.362 e. The summed E-state index contributed by atoms with van der Waals surface area (Å²) in [4.78, 5) is 36.3. The molecule has 3 aromatic rings. The van der Waals surface area contributed by atoms with E-state index in [-0.39, 0.29) is 11.3 Å². The summed E-state index contributed by atoms with van der Waals surface area (Å²) >= 11 is 0. The summed E-state index contributed by atoms with van der Waals surface area (Å²) in [5.74, 6) is -2.18. The number of carboxylic acids is 1. The number of carboxylic acid groups (broad SMARTS) is 1. The van der Waals surface area contributed by atoms with E-state index < -0.39 is 35.3 Å². The number of rotatable bonds is 4. The Bertz CT molecular complexity index is 1060. The number of aromatic nitrogens is 3. The minimum atomic E-state index is -1.57. The second-order valence-electron chi connectivity index (χ2n) is 5.17. The van der Waals surface area contributed by atoms with E-state index in [9.17, 15) is 23.9 Å². The van der Waals surface area contributed by atoms with Gasteiger partial charge >= 0.3 is 11.7 Å². The first kappa shape index (κ1) is 16.3. The Hall–Kier alpha value is -3.55. The lowest BCUT2D eigenvalue weighted by molar-refractivity contribution is 0.0684. The van der Waals surface area contributed by atoms with Gasteiger partial charge in [0.25, 0.3) is 5.56 Å². The fraction of sp³-hybridized carbons (Fsp3) is 0.0588. The van der Waals surface area contributed by atoms with Crippen molar-refractivity contribution in [1.29, 1.82) is 0 Å². The van der Waals surface area contributed by atoms with Crippen LogP contribution in [0.2, 0.25) is 0 Å². The predicted octanol–water partition coefficient (Wildman–Crippen LogP) is 1.28. The Kier molecular flexibility index (Phi) is 4.25. The van der Waals surface area contributed by atoms with Crippen molar-refractivity contribution in [3.05, 3.63) is 92.5 Å². The van der Waals surface area contributed by atoms with Gasteiger partial charge in [0, 0.05) is 5.56 Å². The molecule has 2 aromatic carbocycles. The Labute approximate surface area is 140 Å². The van der Waals surface area contributed by atoms with E-state index in [0.29, 0.717) is 4.57 Å². The van der Waals surface area contributed by atoms with Gasteiger partial charge in [-0.2, -0.15) is 9.78 Å². The zero-order valence-corrected chi connectivity index (χ0v) is 12.8. The van der Waals surface area contributed by atoms with Crippen LogP contribution < -0.4 is 11.2 Å². The fourth-order valence-electron chi connectivity index (χ4n) is 2.32. The standard InChI is InChI=1S/C17H12FN3O4/c18-13-9-5-4-6-11(13)10-20-15(22)14(16(23)24)19-21(17(20)25)12-7-2-1-3-8-12/h1-9H,10H2,(H,23,24). The highest BCUT2D eigenvalue weighted by Gasteiger charge is 2.20. The summed E-state index contributed by atoms with van der Waals surface area (Å²) in [6, 6.07) is 13.7. The molecule has 0 atom stereocenters. The molecule has 8 heteroatoms. The number of hydrogen-bond donors (Lipinski definition) is 1. The van der Waals surface area contributed by atoms with Crippen molar-refractivity contribution in [2.24, 2.45) is 0 Å². The molecule has 0 amide bonds. The number of halogens is 1. The van der Waals surface area contributed by atoms with Crippen LogP contribution in [0, 0.1) is 5.82 Å². The molecule has 1 heterocycles. The number of benzene rings is 2. The van der Waals surface area contributed by atoms with Gasteiger partial charge in [0.2, 0.25) is 5.69 Å². The van der Waals surface area contributed by atoms with Crippen LogP contribution in [-0.4, -0.2) is 25.4 Å². The fourth-order valence-corrected chi connectivity index (χ4v) is 2.32. The second-order valence-corrected chi connectivity index (χ2v) is 5.17. The van der Waals surface area contributed by atoms with Crippen LogP contribution in [0.5, 0.6) is 0 Å². The average molecular weight is 341 g/mol. The maximum absolute atomic E-state index is 13.9. The molecule has 0 unspecified atom stereocenters. The molecule has 0 saturated heterocycles. The van der Waals surface area contributed by atoms with Crippen molar-refractivity contribution >= 4 is 5.97 Å². The van der Waals surface area contributed by atoms with Crippen LogP contribution in [0.25, 0.3) is 5.69 Å². The number of para-hydroxylation sites is 1. The molecule has 1 aromatic heterocycles. The molecular weight excluding hydrogens is 329 g/mol. The van der Waals surface area contributed by atoms with Gasteiger partial charge in [-0.3, -0.25) is 9.36 Å². The van der Waals surface area contributed by atoms with Gasteiger partial charge in [0.05, 0.1) is 12.2 Å². The quantitative estimate of drug-likeness (QED) is 0.771. The van der Waals surface area contributed by atoms with E-state index in [2.05, 4.69) is 5.10 Å². The molecule has 0 saturated carbocycles. The van der Waals surface area contributed by atoms with Crippen molar-refractivity contribution in [2.45, 2.75) is 6.54 Å². The van der Waals surface area contributed by atoms with Crippen LogP contribution in [0.4, 0.5) is 4.39 Å². The van der Waals surface area contributed by atoms with E-state index in [1.807, 2.05) is 0 Å². The Morgan fingerprint density at radius 2 is 1.68 bits per heavy atom. The lowest BCUT2D eigenvalue weighted by atomic mass is 10.2. The van der Waals surface area contributed by atoms with Crippen molar-refractivity contribution in [2.75, 3.05) is 0 Å². The van der Waals surface area contributed by atoms with Crippen molar-refractivity contribution < 1.29 is 14.3 Å². The van der Waals surface area contributed by atoms with Crippen LogP contribution in [-0.2, 0) is 6.54 Å². The molecule has 0 radical (unpaired) electrons. The third kappa shape index (κ3) is 3.09. The summed E-state index contributed by atoms with van der Waals surface area (Å²) in [6.45, 7) is -0.403. The molecule has 0 aliphatic heterocycles. The second kappa shape index (κ2) is 6.52. The van der Waals surface area contributed by atoms with Gasteiger partial charge in [-0.1, -0.05) is 36.4 Å². The van der Waals surface area contributed by atoms with Crippen molar-refractivity contribution in [3.63, 3.8) is 0 Å². The Morgan fingerprint density at radius 3 is 2.32 bits per heavy atom. The lowest BCUT2D eigenvalue weighted by Crippen LogP contribution is -2.44. The van der Waals surface area contributed by atoms with E-state index in [1.165, 1.54) is 30.3 Å². The Morgan fingerprint density at radius 1 is 1.04 bits per heavy atom. The highest BCUT2D eigenvalue weighted by atomic mass is 19.1. The van der Waals surface area contributed by atoms with Gasteiger partial charge in [0.15, 0.2) is 0 Å². The van der Waals surface area contributed by atoms with Gasteiger partial charge in [0.1, 0.15) is 5.82 Å². The molecule has 0 bridgehead atoms. The van der Waals surface area contributed by atoms with E-state index >= 15 is 0 Å². The van der Waals surface area contributed by atoms with Gasteiger partial charge in [-0.25, -0.2) is 14.0 Å². The zero-order valence-electron chi connectivity index (χ0n) is 12.8. The molecule has 0 aliphatic rings. The van der Waals surface area contributed by atoms with Crippen LogP contribution >= 0.6 is 0 Å². The highest BCUT2D eigenvalue weighted by molar-refractivity contribution is 5.84. The van der Waals surface area contributed by atoms with Crippen LogP contribution in [0.1, 0.15) is 16.1 Å². The molecule has 0 spiro atoms. The number of aromatic carboxylic acids is 1. The summed E-state index contributed by atoms with van der Waals surface area (Å²) < 4.78 is 15.3. The van der Waals surface area contributed by atoms with E-state index in [4.69, 9.17) is 0 Å². The molecule has 3 rings (SSSR count). The zero-order chi connectivity index (χ0) is 18.0. The molecule has 1 N–H and O–H groups in total. The minimum Gasteiger partial charge on any atom is -0.476 e. The molecule has 126 valence electrons. The van der Waals surface area contributed by atoms with Crippen molar-refractivity contribution in [1.82, 2.24) is 14.3 Å². The lowest BCUT2D eigenvalue weighted by Gasteiger charge is -2.11. The molecule has 0 fully saturated rings. The van der Waals surface area contributed by atoms with Crippen molar-refractivity contribution in [3.8, 4) is 5.69 Å². The number of carbonyl (C=O) groups is 1. The molecule has 7 nitrogen and oxygen atoms in total. The first-order valence-electron chi connectivity index (χ1n) is 7.25. The summed E-state index contributed by atoms with van der Waals surface area (Å²) in [7, 11) is 0. The van der Waals surface area contributed by atoms with Gasteiger partial charge in [-0.05, 0) is 18.2 Å². The minimum absolute atomic E-state index is 0.0869. The van der Waals surface area contributed by atoms with Crippen LogP contribution in [0.3, 0.4) is 0 Å². The SMILES string of the molecule is O=C(O)c1nn(-c2ccccc2)c(=O)n(Cc2ccccc2F)c1=O. The summed E-state index contributed by atoms with van der Waals surface area (Å²) in [6.07, 6.45) is 0. The smallest absolute Gasteiger partial charge is 0.362 e. The molecule has 25 heavy (non-hydrogen) atoms. The molecule has 0 aliphatic carbocycles. The van der Waals surface area contributed by atoms with Crippen LogP contribution in [0.15, 0.2) is 64.2 Å². The highest BCUT2D eigenvalue weighted by Crippen LogP contribution is 2.07. The van der Waals surface area contributed by atoms with E-state index in [0.717, 1.165) is 4.68 Å². The normalized spacial score (nSPS) is 10.6. The largest absolute Gasteiger partial charge is 0.476 e. The first-order valence-corrected chi connectivity index (χ1v) is 7.25. The third-order valence-electron chi connectivity index (χ3n) is 3.55. The third-order valence-corrected chi connectivity index (χ3v) is 3.55. The predicted molar refractivity (Wildman–Crippen MR) is 86.6 cm³/mol. The maximum atomic E-state index is 13.9. The number of hydrogen-bond acceptors (Lipinski definition) is 4.